The van der Waals surface area contributed by atoms with Gasteiger partial charge in [-0.25, -0.2) is 4.68 Å². The molecule has 21 heavy (non-hydrogen) atoms. The molecule has 2 rings (SSSR count). The second-order valence-corrected chi connectivity index (χ2v) is 5.71. The summed E-state index contributed by atoms with van der Waals surface area (Å²) in [4.78, 5) is 12.4. The molecule has 1 unspecified atom stereocenters. The fourth-order valence-electron chi connectivity index (χ4n) is 1.81. The van der Waals surface area contributed by atoms with Gasteiger partial charge in [0.05, 0.1) is 0 Å². The minimum atomic E-state index is -0.354. The third-order valence-electron chi connectivity index (χ3n) is 2.97. The highest BCUT2D eigenvalue weighted by molar-refractivity contribution is 8.00. The molecule has 1 heterocycles. The summed E-state index contributed by atoms with van der Waals surface area (Å²) in [6.07, 6.45) is 2.03. The summed E-state index contributed by atoms with van der Waals surface area (Å²) in [6, 6.07) is 9.68. The average molecular weight is 305 g/mol. The lowest BCUT2D eigenvalue weighted by molar-refractivity contribution is -0.120. The summed E-state index contributed by atoms with van der Waals surface area (Å²) in [7, 11) is 1.76. The van der Waals surface area contributed by atoms with Crippen LogP contribution in [0.15, 0.2) is 35.5 Å². The summed E-state index contributed by atoms with van der Waals surface area (Å²) in [5.41, 5.74) is 0.944. The third kappa shape index (κ3) is 4.29. The van der Waals surface area contributed by atoms with Crippen LogP contribution in [0.5, 0.6) is 0 Å². The SMILES string of the molecule is CCCCNC(=O)C(Sc1nnnn1C)c1ccccc1. The number of carbonyl (C=O) groups excluding carboxylic acids is 1. The van der Waals surface area contributed by atoms with Crippen molar-refractivity contribution >= 4 is 17.7 Å². The molecule has 0 spiro atoms. The molecule has 2 aromatic rings. The Labute approximate surface area is 128 Å². The monoisotopic (exact) mass is 305 g/mol. The Morgan fingerprint density at radius 3 is 2.76 bits per heavy atom. The van der Waals surface area contributed by atoms with Gasteiger partial charge in [0.15, 0.2) is 0 Å². The van der Waals surface area contributed by atoms with Gasteiger partial charge in [-0.3, -0.25) is 4.79 Å². The van der Waals surface area contributed by atoms with E-state index in [-0.39, 0.29) is 11.2 Å². The van der Waals surface area contributed by atoms with Crippen molar-refractivity contribution in [3.8, 4) is 0 Å². The van der Waals surface area contributed by atoms with Crippen molar-refractivity contribution in [2.75, 3.05) is 6.54 Å². The molecule has 0 saturated carbocycles. The molecule has 1 N–H and O–H groups in total. The highest BCUT2D eigenvalue weighted by Crippen LogP contribution is 2.33. The van der Waals surface area contributed by atoms with Crippen LogP contribution < -0.4 is 5.32 Å². The molecule has 7 heteroatoms. The molecular weight excluding hydrogens is 286 g/mol. The Kier molecular flexibility index (Phi) is 5.74. The second-order valence-electron chi connectivity index (χ2n) is 4.64. The number of carbonyl (C=O) groups is 1. The lowest BCUT2D eigenvalue weighted by Gasteiger charge is -2.15. The maximum absolute atomic E-state index is 12.4. The van der Waals surface area contributed by atoms with Crippen LogP contribution in [0.1, 0.15) is 30.6 Å². The van der Waals surface area contributed by atoms with Gasteiger partial charge in [0.25, 0.3) is 0 Å². The number of thioether (sulfide) groups is 1. The lowest BCUT2D eigenvalue weighted by Crippen LogP contribution is -2.29. The Hall–Kier alpha value is -1.89. The molecule has 1 aromatic carbocycles. The minimum absolute atomic E-state index is 0.0114. The molecule has 6 nitrogen and oxygen atoms in total. The van der Waals surface area contributed by atoms with E-state index in [1.54, 1.807) is 11.7 Å². The summed E-state index contributed by atoms with van der Waals surface area (Å²) < 4.78 is 1.57. The molecule has 1 amide bonds. The van der Waals surface area contributed by atoms with Crippen molar-refractivity contribution < 1.29 is 4.79 Å². The number of amides is 1. The summed E-state index contributed by atoms with van der Waals surface area (Å²) in [6.45, 7) is 2.79. The number of nitrogens with one attached hydrogen (secondary N) is 1. The van der Waals surface area contributed by atoms with Gasteiger partial charge in [-0.05, 0) is 22.4 Å². The number of nitrogens with zero attached hydrogens (tertiary/aromatic N) is 4. The van der Waals surface area contributed by atoms with E-state index in [4.69, 9.17) is 0 Å². The number of hydrogen-bond donors (Lipinski definition) is 1. The fraction of sp³-hybridized carbons (Fsp3) is 0.429. The van der Waals surface area contributed by atoms with E-state index in [1.165, 1.54) is 11.8 Å². The lowest BCUT2D eigenvalue weighted by atomic mass is 10.1. The van der Waals surface area contributed by atoms with Gasteiger partial charge in [0, 0.05) is 13.6 Å². The van der Waals surface area contributed by atoms with E-state index >= 15 is 0 Å². The first kappa shape index (κ1) is 15.5. The Morgan fingerprint density at radius 1 is 1.38 bits per heavy atom. The topological polar surface area (TPSA) is 72.7 Å². The first-order valence-corrected chi connectivity index (χ1v) is 7.82. The third-order valence-corrected chi connectivity index (χ3v) is 4.25. The van der Waals surface area contributed by atoms with Gasteiger partial charge in [-0.2, -0.15) is 0 Å². The molecule has 0 radical (unpaired) electrons. The van der Waals surface area contributed by atoms with Crippen molar-refractivity contribution in [2.24, 2.45) is 7.05 Å². The predicted octanol–water partition coefficient (Wildman–Crippen LogP) is 1.96. The average Bonchev–Trinajstić information content (AvgIpc) is 2.91. The molecule has 0 aliphatic heterocycles. The Balaban J connectivity index is 2.14. The highest BCUT2D eigenvalue weighted by Gasteiger charge is 2.23. The van der Waals surface area contributed by atoms with Gasteiger partial charge in [0.2, 0.25) is 11.1 Å². The molecule has 0 fully saturated rings. The minimum Gasteiger partial charge on any atom is -0.355 e. The van der Waals surface area contributed by atoms with Crippen LogP contribution in [0.3, 0.4) is 0 Å². The summed E-state index contributed by atoms with van der Waals surface area (Å²) >= 11 is 1.36. The van der Waals surface area contributed by atoms with Crippen LogP contribution in [0.4, 0.5) is 0 Å². The van der Waals surface area contributed by atoms with Crippen molar-refractivity contribution in [3.05, 3.63) is 35.9 Å². The largest absolute Gasteiger partial charge is 0.355 e. The van der Waals surface area contributed by atoms with Crippen molar-refractivity contribution in [1.29, 1.82) is 0 Å². The van der Waals surface area contributed by atoms with Crippen LogP contribution in [0.25, 0.3) is 0 Å². The van der Waals surface area contributed by atoms with Crippen LogP contribution >= 0.6 is 11.8 Å². The predicted molar refractivity (Wildman–Crippen MR) is 81.8 cm³/mol. The van der Waals surface area contributed by atoms with E-state index in [1.807, 2.05) is 30.3 Å². The van der Waals surface area contributed by atoms with Crippen LogP contribution in [-0.4, -0.2) is 32.7 Å². The normalized spacial score (nSPS) is 12.1. The fourth-order valence-corrected chi connectivity index (χ4v) is 2.78. The first-order chi connectivity index (χ1) is 10.2. The van der Waals surface area contributed by atoms with Crippen LogP contribution in [0.2, 0.25) is 0 Å². The standard InChI is InChI=1S/C14H19N5OS/c1-3-4-10-15-13(20)12(11-8-6-5-7-9-11)21-14-16-17-18-19(14)2/h5-9,12H,3-4,10H2,1-2H3,(H,15,20). The van der Waals surface area contributed by atoms with Gasteiger partial charge in [-0.1, -0.05) is 55.4 Å². The smallest absolute Gasteiger partial charge is 0.238 e. The van der Waals surface area contributed by atoms with Gasteiger partial charge >= 0.3 is 0 Å². The number of benzene rings is 1. The number of aryl methyl sites for hydroxylation is 1. The highest BCUT2D eigenvalue weighted by atomic mass is 32.2. The maximum atomic E-state index is 12.4. The number of rotatable bonds is 7. The number of unbranched alkanes of at least 4 members (excludes halogenated alkanes) is 1. The van der Waals surface area contributed by atoms with Gasteiger partial charge in [-0.15, -0.1) is 5.10 Å². The number of hydrogen-bond acceptors (Lipinski definition) is 5. The summed E-state index contributed by atoms with van der Waals surface area (Å²) in [5.74, 6) is -0.0114. The molecule has 1 atom stereocenters. The molecule has 0 aliphatic carbocycles. The number of aromatic nitrogens is 4. The molecular formula is C14H19N5OS. The second kappa shape index (κ2) is 7.78. The van der Waals surface area contributed by atoms with Gasteiger partial charge in [0.1, 0.15) is 5.25 Å². The first-order valence-electron chi connectivity index (χ1n) is 6.94. The van der Waals surface area contributed by atoms with Crippen molar-refractivity contribution in [3.63, 3.8) is 0 Å². The maximum Gasteiger partial charge on any atom is 0.238 e. The molecule has 1 aromatic heterocycles. The Morgan fingerprint density at radius 2 is 2.14 bits per heavy atom. The zero-order valence-electron chi connectivity index (χ0n) is 12.2. The van der Waals surface area contributed by atoms with E-state index in [2.05, 4.69) is 27.8 Å². The van der Waals surface area contributed by atoms with Crippen molar-refractivity contribution in [1.82, 2.24) is 25.5 Å². The molecule has 112 valence electrons. The number of tetrazole rings is 1. The molecule has 0 saturated heterocycles. The van der Waals surface area contributed by atoms with Crippen LogP contribution in [-0.2, 0) is 11.8 Å². The van der Waals surface area contributed by atoms with Crippen molar-refractivity contribution in [2.45, 2.75) is 30.2 Å². The van der Waals surface area contributed by atoms with E-state index in [0.717, 1.165) is 18.4 Å². The zero-order valence-corrected chi connectivity index (χ0v) is 13.0. The Bertz CT molecular complexity index is 572. The molecule has 0 aliphatic rings. The van der Waals surface area contributed by atoms with Gasteiger partial charge < -0.3 is 5.32 Å². The van der Waals surface area contributed by atoms with Crippen LogP contribution in [0, 0.1) is 0 Å². The van der Waals surface area contributed by atoms with E-state index < -0.39 is 0 Å². The zero-order chi connectivity index (χ0) is 15.1. The van der Waals surface area contributed by atoms with E-state index in [9.17, 15) is 4.79 Å². The molecule has 0 bridgehead atoms. The quantitative estimate of drug-likeness (QED) is 0.625. The summed E-state index contributed by atoms with van der Waals surface area (Å²) in [5, 5.41) is 14.6. The van der Waals surface area contributed by atoms with E-state index in [0.29, 0.717) is 11.7 Å².